The standard InChI is InChI=1S/C5H11F2N3O3S/c1-10(3-2-4(8)9-11)14(12,13)5(6)7/h5,11H,2-3H2,1H3,(H2,8,9). The van der Waals surface area contributed by atoms with Crippen LogP contribution in [0.2, 0.25) is 0 Å². The van der Waals surface area contributed by atoms with Crippen LogP contribution in [-0.4, -0.2) is 43.1 Å². The van der Waals surface area contributed by atoms with Crippen molar-refractivity contribution in [3.63, 3.8) is 0 Å². The molecule has 3 N–H and O–H groups in total. The molecule has 0 aromatic carbocycles. The molecule has 0 rings (SSSR count). The highest BCUT2D eigenvalue weighted by molar-refractivity contribution is 7.89. The van der Waals surface area contributed by atoms with Crippen LogP contribution in [0.25, 0.3) is 0 Å². The molecule has 0 aromatic rings. The molecule has 0 radical (unpaired) electrons. The molecule has 0 heterocycles. The summed E-state index contributed by atoms with van der Waals surface area (Å²) in [6.07, 6.45) is -0.112. The maximum atomic E-state index is 11.9. The van der Waals surface area contributed by atoms with Crippen LogP contribution in [-0.2, 0) is 10.0 Å². The fraction of sp³-hybridized carbons (Fsp3) is 0.800. The lowest BCUT2D eigenvalue weighted by atomic mass is 10.4. The van der Waals surface area contributed by atoms with Crippen LogP contribution in [0.1, 0.15) is 6.42 Å². The molecule has 0 aliphatic rings. The van der Waals surface area contributed by atoms with Crippen LogP contribution in [0.3, 0.4) is 0 Å². The molecule has 0 spiro atoms. The Morgan fingerprint density at radius 2 is 2.14 bits per heavy atom. The second-order valence-corrected chi connectivity index (χ2v) is 4.48. The SMILES string of the molecule is CN(CC/C(N)=N/O)S(=O)(=O)C(F)F. The first-order chi connectivity index (χ1) is 6.32. The maximum Gasteiger partial charge on any atom is 0.350 e. The van der Waals surface area contributed by atoms with Gasteiger partial charge in [-0.05, 0) is 0 Å². The highest BCUT2D eigenvalue weighted by Gasteiger charge is 2.28. The highest BCUT2D eigenvalue weighted by Crippen LogP contribution is 2.09. The van der Waals surface area contributed by atoms with Gasteiger partial charge < -0.3 is 10.9 Å². The molecular formula is C5H11F2N3O3S. The van der Waals surface area contributed by atoms with Crippen LogP contribution in [0.15, 0.2) is 5.16 Å². The van der Waals surface area contributed by atoms with E-state index in [0.717, 1.165) is 7.05 Å². The normalized spacial score (nSPS) is 13.9. The van der Waals surface area contributed by atoms with E-state index < -0.39 is 15.8 Å². The minimum atomic E-state index is -4.57. The zero-order valence-corrected chi connectivity index (χ0v) is 8.21. The van der Waals surface area contributed by atoms with Crippen molar-refractivity contribution >= 4 is 15.9 Å². The van der Waals surface area contributed by atoms with Crippen molar-refractivity contribution < 1.29 is 22.4 Å². The zero-order valence-electron chi connectivity index (χ0n) is 7.39. The van der Waals surface area contributed by atoms with Gasteiger partial charge in [-0.2, -0.15) is 13.1 Å². The second-order valence-electron chi connectivity index (χ2n) is 2.47. The summed E-state index contributed by atoms with van der Waals surface area (Å²) in [6, 6.07) is 0. The van der Waals surface area contributed by atoms with Gasteiger partial charge in [0.1, 0.15) is 5.84 Å². The lowest BCUT2D eigenvalue weighted by Gasteiger charge is -2.15. The number of rotatable bonds is 5. The lowest BCUT2D eigenvalue weighted by Crippen LogP contribution is -2.34. The minimum absolute atomic E-state index is 0.112. The van der Waals surface area contributed by atoms with Crippen molar-refractivity contribution in [1.82, 2.24) is 4.31 Å². The number of hydrogen-bond donors (Lipinski definition) is 2. The molecule has 0 aliphatic heterocycles. The van der Waals surface area contributed by atoms with E-state index in [-0.39, 0.29) is 18.8 Å². The van der Waals surface area contributed by atoms with Gasteiger partial charge in [0, 0.05) is 20.0 Å². The first-order valence-electron chi connectivity index (χ1n) is 3.52. The summed E-state index contributed by atoms with van der Waals surface area (Å²) in [5.41, 5.74) is 5.03. The van der Waals surface area contributed by atoms with Gasteiger partial charge in [-0.15, -0.1) is 0 Å². The van der Waals surface area contributed by atoms with Gasteiger partial charge in [0.2, 0.25) is 0 Å². The fourth-order valence-electron chi connectivity index (χ4n) is 0.585. The Balaban J connectivity index is 4.30. The second kappa shape index (κ2) is 5.05. The maximum absolute atomic E-state index is 11.9. The first-order valence-corrected chi connectivity index (χ1v) is 5.02. The van der Waals surface area contributed by atoms with E-state index in [9.17, 15) is 17.2 Å². The van der Waals surface area contributed by atoms with Crippen LogP contribution in [0.4, 0.5) is 8.78 Å². The van der Waals surface area contributed by atoms with Crippen molar-refractivity contribution in [2.75, 3.05) is 13.6 Å². The summed E-state index contributed by atoms with van der Waals surface area (Å²) >= 11 is 0. The number of halogens is 2. The van der Waals surface area contributed by atoms with Crippen LogP contribution in [0.5, 0.6) is 0 Å². The zero-order chi connectivity index (χ0) is 11.4. The molecule has 0 unspecified atom stereocenters. The number of amidine groups is 1. The largest absolute Gasteiger partial charge is 0.409 e. The van der Waals surface area contributed by atoms with Gasteiger partial charge in [0.05, 0.1) is 0 Å². The van der Waals surface area contributed by atoms with Crippen LogP contribution < -0.4 is 5.73 Å². The van der Waals surface area contributed by atoms with Gasteiger partial charge in [0.15, 0.2) is 0 Å². The molecule has 14 heavy (non-hydrogen) atoms. The molecule has 0 saturated carbocycles. The van der Waals surface area contributed by atoms with Crippen molar-refractivity contribution in [3.05, 3.63) is 0 Å². The summed E-state index contributed by atoms with van der Waals surface area (Å²) in [5, 5.41) is 10.7. The Morgan fingerprint density at radius 1 is 1.64 bits per heavy atom. The Morgan fingerprint density at radius 3 is 2.50 bits per heavy atom. The number of nitrogens with zero attached hydrogens (tertiary/aromatic N) is 2. The third-order valence-electron chi connectivity index (χ3n) is 1.47. The molecule has 0 fully saturated rings. The van der Waals surface area contributed by atoms with Crippen molar-refractivity contribution in [2.24, 2.45) is 10.9 Å². The number of nitrogens with two attached hydrogens (primary N) is 1. The molecule has 0 aliphatic carbocycles. The Kier molecular flexibility index (Phi) is 4.71. The fourth-order valence-corrected chi connectivity index (χ4v) is 1.20. The quantitative estimate of drug-likeness (QED) is 0.291. The number of hydrogen-bond acceptors (Lipinski definition) is 4. The summed E-state index contributed by atoms with van der Waals surface area (Å²) in [6.45, 7) is -0.261. The third-order valence-corrected chi connectivity index (χ3v) is 2.97. The van der Waals surface area contributed by atoms with Crippen molar-refractivity contribution in [3.8, 4) is 0 Å². The van der Waals surface area contributed by atoms with E-state index in [1.165, 1.54) is 0 Å². The van der Waals surface area contributed by atoms with E-state index in [4.69, 9.17) is 10.9 Å². The first kappa shape index (κ1) is 13.0. The van der Waals surface area contributed by atoms with E-state index in [0.29, 0.717) is 4.31 Å². The van der Waals surface area contributed by atoms with E-state index >= 15 is 0 Å². The molecule has 0 atom stereocenters. The molecule has 0 amide bonds. The number of sulfonamides is 1. The minimum Gasteiger partial charge on any atom is -0.409 e. The van der Waals surface area contributed by atoms with Crippen LogP contribution in [0, 0.1) is 0 Å². The van der Waals surface area contributed by atoms with Crippen molar-refractivity contribution in [1.29, 1.82) is 0 Å². The van der Waals surface area contributed by atoms with Gasteiger partial charge in [-0.25, -0.2) is 8.42 Å². The van der Waals surface area contributed by atoms with E-state index in [2.05, 4.69) is 5.16 Å². The van der Waals surface area contributed by atoms with Crippen LogP contribution >= 0.6 is 0 Å². The Bertz CT molecular complexity index is 303. The Hall–Kier alpha value is -0.960. The van der Waals surface area contributed by atoms with Crippen molar-refractivity contribution in [2.45, 2.75) is 12.2 Å². The highest BCUT2D eigenvalue weighted by atomic mass is 32.2. The summed E-state index contributed by atoms with van der Waals surface area (Å²) in [4.78, 5) is 0. The molecule has 9 heteroatoms. The average molecular weight is 231 g/mol. The third kappa shape index (κ3) is 3.42. The smallest absolute Gasteiger partial charge is 0.350 e. The van der Waals surface area contributed by atoms with E-state index in [1.807, 2.05) is 0 Å². The summed E-state index contributed by atoms with van der Waals surface area (Å²) in [5.74, 6) is -3.68. The molecule has 84 valence electrons. The molecular weight excluding hydrogens is 220 g/mol. The van der Waals surface area contributed by atoms with Gasteiger partial charge in [-0.1, -0.05) is 5.16 Å². The summed E-state index contributed by atoms with van der Waals surface area (Å²) < 4.78 is 45.8. The summed E-state index contributed by atoms with van der Waals surface area (Å²) in [7, 11) is -3.58. The lowest BCUT2D eigenvalue weighted by molar-refractivity contribution is 0.223. The predicted molar refractivity (Wildman–Crippen MR) is 45.6 cm³/mol. The molecule has 0 aromatic heterocycles. The van der Waals surface area contributed by atoms with Gasteiger partial charge >= 0.3 is 5.76 Å². The molecule has 0 saturated heterocycles. The average Bonchev–Trinajstić information content (AvgIpc) is 2.12. The Labute approximate surface area is 80.0 Å². The van der Waals surface area contributed by atoms with Gasteiger partial charge in [-0.3, -0.25) is 0 Å². The van der Waals surface area contributed by atoms with Gasteiger partial charge in [0.25, 0.3) is 10.0 Å². The topological polar surface area (TPSA) is 96.0 Å². The monoisotopic (exact) mass is 231 g/mol. The molecule has 0 bridgehead atoms. The predicted octanol–water partition coefficient (Wildman–Crippen LogP) is -0.393. The van der Waals surface area contributed by atoms with E-state index in [1.54, 1.807) is 0 Å². The molecule has 6 nitrogen and oxygen atoms in total. The number of oxime groups is 1. The number of alkyl halides is 2.